The Morgan fingerprint density at radius 2 is 2.03 bits per heavy atom. The molecule has 0 spiro atoms. The van der Waals surface area contributed by atoms with Crippen molar-refractivity contribution in [2.45, 2.75) is 45.1 Å². The molecule has 0 N–H and O–H groups in total. The summed E-state index contributed by atoms with van der Waals surface area (Å²) in [4.78, 5) is 33.3. The molecular formula is C22H26FN3O3. The Hall–Kier alpha value is -2.70. The summed E-state index contributed by atoms with van der Waals surface area (Å²) >= 11 is 0. The number of hydrogen-bond acceptors (Lipinski definition) is 5. The van der Waals surface area contributed by atoms with Crippen molar-refractivity contribution in [2.24, 2.45) is 0 Å². The molecule has 154 valence electrons. The standard InChI is InChI=1S/C22H26FN3O3/c1-2-29-22(28)18-14-24-19-7-6-15(23)13-17(19)21(18)25-11-8-16(9-12-25)26-10-4-3-5-20(26)27/h6-7,13-14,16H,2-5,8-12H2,1H3. The van der Waals surface area contributed by atoms with Crippen molar-refractivity contribution in [1.29, 1.82) is 0 Å². The molecule has 1 aromatic heterocycles. The van der Waals surface area contributed by atoms with Gasteiger partial charge in [0.15, 0.2) is 0 Å². The Morgan fingerprint density at radius 3 is 2.76 bits per heavy atom. The van der Waals surface area contributed by atoms with Gasteiger partial charge in [0, 0.05) is 43.7 Å². The zero-order valence-electron chi connectivity index (χ0n) is 16.7. The van der Waals surface area contributed by atoms with E-state index in [1.54, 1.807) is 13.0 Å². The van der Waals surface area contributed by atoms with Gasteiger partial charge in [-0.3, -0.25) is 9.78 Å². The van der Waals surface area contributed by atoms with E-state index in [-0.39, 0.29) is 24.4 Å². The molecule has 2 aromatic rings. The number of nitrogens with zero attached hydrogens (tertiary/aromatic N) is 3. The summed E-state index contributed by atoms with van der Waals surface area (Å²) < 4.78 is 19.2. The lowest BCUT2D eigenvalue weighted by Gasteiger charge is -2.41. The molecule has 0 bridgehead atoms. The zero-order chi connectivity index (χ0) is 20.4. The van der Waals surface area contributed by atoms with Crippen LogP contribution in [0.2, 0.25) is 0 Å². The smallest absolute Gasteiger partial charge is 0.341 e. The highest BCUT2D eigenvalue weighted by Crippen LogP contribution is 2.34. The normalized spacial score (nSPS) is 18.3. The van der Waals surface area contributed by atoms with Crippen LogP contribution in [0.1, 0.15) is 49.4 Å². The predicted octanol–water partition coefficient (Wildman–Crippen LogP) is 3.53. The third-order valence-electron chi connectivity index (χ3n) is 5.88. The summed E-state index contributed by atoms with van der Waals surface area (Å²) in [5, 5.41) is 0.614. The highest BCUT2D eigenvalue weighted by atomic mass is 19.1. The summed E-state index contributed by atoms with van der Waals surface area (Å²) in [5.41, 5.74) is 1.68. The van der Waals surface area contributed by atoms with Crippen LogP contribution in [-0.4, -0.2) is 54.0 Å². The molecule has 3 heterocycles. The van der Waals surface area contributed by atoms with E-state index in [0.717, 1.165) is 32.2 Å². The predicted molar refractivity (Wildman–Crippen MR) is 108 cm³/mol. The van der Waals surface area contributed by atoms with Crippen LogP contribution in [0.4, 0.5) is 10.1 Å². The van der Waals surface area contributed by atoms with Gasteiger partial charge in [-0.15, -0.1) is 0 Å². The number of benzene rings is 1. The van der Waals surface area contributed by atoms with Crippen molar-refractivity contribution in [3.8, 4) is 0 Å². The van der Waals surface area contributed by atoms with Crippen molar-refractivity contribution in [2.75, 3.05) is 31.1 Å². The Bertz CT molecular complexity index is 925. The Morgan fingerprint density at radius 1 is 1.24 bits per heavy atom. The highest BCUT2D eigenvalue weighted by Gasteiger charge is 2.31. The zero-order valence-corrected chi connectivity index (χ0v) is 16.7. The quantitative estimate of drug-likeness (QED) is 0.736. The maximum atomic E-state index is 14.0. The lowest BCUT2D eigenvalue weighted by molar-refractivity contribution is -0.136. The van der Waals surface area contributed by atoms with Crippen molar-refractivity contribution < 1.29 is 18.7 Å². The number of rotatable bonds is 4. The van der Waals surface area contributed by atoms with Gasteiger partial charge in [-0.1, -0.05) is 0 Å². The van der Waals surface area contributed by atoms with Crippen molar-refractivity contribution >= 4 is 28.5 Å². The summed E-state index contributed by atoms with van der Waals surface area (Å²) in [6.45, 7) is 4.24. The summed E-state index contributed by atoms with van der Waals surface area (Å²) in [7, 11) is 0. The molecule has 2 aliphatic heterocycles. The van der Waals surface area contributed by atoms with Gasteiger partial charge in [0.05, 0.1) is 17.8 Å². The minimum Gasteiger partial charge on any atom is -0.462 e. The Labute approximate surface area is 169 Å². The van der Waals surface area contributed by atoms with E-state index < -0.39 is 5.97 Å². The minimum atomic E-state index is -0.450. The van der Waals surface area contributed by atoms with Crippen molar-refractivity contribution in [1.82, 2.24) is 9.88 Å². The number of esters is 1. The van der Waals surface area contributed by atoms with E-state index in [0.29, 0.717) is 41.7 Å². The van der Waals surface area contributed by atoms with Crippen LogP contribution in [0.15, 0.2) is 24.4 Å². The lowest BCUT2D eigenvalue weighted by Crippen LogP contribution is -2.49. The molecule has 0 unspecified atom stereocenters. The first kappa shape index (κ1) is 19.6. The molecule has 0 atom stereocenters. The minimum absolute atomic E-state index is 0.231. The third-order valence-corrected chi connectivity index (χ3v) is 5.88. The van der Waals surface area contributed by atoms with Gasteiger partial charge in [0.25, 0.3) is 0 Å². The number of piperidine rings is 2. The van der Waals surface area contributed by atoms with Crippen LogP contribution in [0.3, 0.4) is 0 Å². The Balaban J connectivity index is 1.64. The fourth-order valence-electron chi connectivity index (χ4n) is 4.46. The molecule has 1 amide bonds. The number of ether oxygens (including phenoxy) is 1. The largest absolute Gasteiger partial charge is 0.462 e. The summed E-state index contributed by atoms with van der Waals surface area (Å²) in [6.07, 6.45) is 5.86. The number of hydrogen-bond donors (Lipinski definition) is 0. The second-order valence-electron chi connectivity index (χ2n) is 7.66. The fraction of sp³-hybridized carbons (Fsp3) is 0.500. The van der Waals surface area contributed by atoms with Gasteiger partial charge in [-0.25, -0.2) is 9.18 Å². The Kier molecular flexibility index (Phi) is 5.65. The van der Waals surface area contributed by atoms with E-state index in [4.69, 9.17) is 4.74 Å². The van der Waals surface area contributed by atoms with Crippen LogP contribution < -0.4 is 4.90 Å². The second-order valence-corrected chi connectivity index (χ2v) is 7.66. The van der Waals surface area contributed by atoms with E-state index in [1.165, 1.54) is 18.3 Å². The van der Waals surface area contributed by atoms with Crippen LogP contribution in [0.5, 0.6) is 0 Å². The number of pyridine rings is 1. The molecule has 2 aliphatic rings. The SMILES string of the molecule is CCOC(=O)c1cnc2ccc(F)cc2c1N1CCC(N2CCCCC2=O)CC1. The molecule has 0 radical (unpaired) electrons. The van der Waals surface area contributed by atoms with Crippen molar-refractivity contribution in [3.05, 3.63) is 35.8 Å². The maximum Gasteiger partial charge on any atom is 0.341 e. The monoisotopic (exact) mass is 399 g/mol. The molecule has 2 saturated heterocycles. The first-order chi connectivity index (χ1) is 14.1. The molecule has 2 fully saturated rings. The van der Waals surface area contributed by atoms with Gasteiger partial charge >= 0.3 is 5.97 Å². The molecule has 6 nitrogen and oxygen atoms in total. The number of anilines is 1. The van der Waals surface area contributed by atoms with Gasteiger partial charge in [0.1, 0.15) is 11.4 Å². The number of fused-ring (bicyclic) bond motifs is 1. The number of likely N-dealkylation sites (tertiary alicyclic amines) is 1. The first-order valence-electron chi connectivity index (χ1n) is 10.4. The second kappa shape index (κ2) is 8.35. The molecule has 0 saturated carbocycles. The van der Waals surface area contributed by atoms with E-state index in [9.17, 15) is 14.0 Å². The molecule has 29 heavy (non-hydrogen) atoms. The molecule has 1 aromatic carbocycles. The lowest BCUT2D eigenvalue weighted by atomic mass is 9.97. The molecule has 0 aliphatic carbocycles. The third kappa shape index (κ3) is 3.91. The number of aromatic nitrogens is 1. The summed E-state index contributed by atoms with van der Waals surface area (Å²) in [6, 6.07) is 4.66. The summed E-state index contributed by atoms with van der Waals surface area (Å²) in [5.74, 6) is -0.566. The topological polar surface area (TPSA) is 62.7 Å². The fourth-order valence-corrected chi connectivity index (χ4v) is 4.46. The van der Waals surface area contributed by atoms with Gasteiger partial charge in [0.2, 0.25) is 5.91 Å². The number of halogens is 1. The average Bonchev–Trinajstić information content (AvgIpc) is 2.73. The number of carbonyl (C=O) groups excluding carboxylic acids is 2. The van der Waals surface area contributed by atoms with Crippen molar-refractivity contribution in [3.63, 3.8) is 0 Å². The highest BCUT2D eigenvalue weighted by molar-refractivity contribution is 6.05. The van der Waals surface area contributed by atoms with E-state index in [2.05, 4.69) is 9.88 Å². The molecule has 4 rings (SSSR count). The number of amides is 1. The molecular weight excluding hydrogens is 373 g/mol. The maximum absolute atomic E-state index is 14.0. The molecule has 7 heteroatoms. The van der Waals surface area contributed by atoms with Gasteiger partial charge in [-0.2, -0.15) is 0 Å². The average molecular weight is 399 g/mol. The van der Waals surface area contributed by atoms with Gasteiger partial charge in [-0.05, 0) is 50.8 Å². The van der Waals surface area contributed by atoms with E-state index >= 15 is 0 Å². The van der Waals surface area contributed by atoms with Crippen LogP contribution in [0, 0.1) is 5.82 Å². The number of carbonyl (C=O) groups is 2. The first-order valence-corrected chi connectivity index (χ1v) is 10.4. The van der Waals surface area contributed by atoms with Crippen LogP contribution in [0.25, 0.3) is 10.9 Å². The van der Waals surface area contributed by atoms with Crippen LogP contribution >= 0.6 is 0 Å². The van der Waals surface area contributed by atoms with Gasteiger partial charge < -0.3 is 14.5 Å². The van der Waals surface area contributed by atoms with E-state index in [1.807, 2.05) is 4.90 Å². The van der Waals surface area contributed by atoms with Crippen LogP contribution in [-0.2, 0) is 9.53 Å².